The standard InChI is InChI=1S/C42H74NO8P/c1-6-8-10-12-14-16-18-19-20-21-22-23-25-26-28-30-32-34-41(44)48-38-40(39-50-52(46,47)49-37-36-43(3,4)5)51-42(45)35-33-31-29-27-24-17-15-13-11-9-7-2/h10,12-13,15-16,18,20-21,23,25,40H,6-9,11,14,17,19,22,24,26-39H2,1-5H3/b12-10+,15-13+,18-16+,21-20+,25-23+/t40-/m0/s1. The molecule has 10 heteroatoms. The van der Waals surface area contributed by atoms with Crippen LogP contribution in [0.2, 0.25) is 0 Å². The third kappa shape index (κ3) is 37.5. The number of allylic oxidation sites excluding steroid dienone is 10. The van der Waals surface area contributed by atoms with Gasteiger partial charge >= 0.3 is 11.9 Å². The second-order valence-corrected chi connectivity index (χ2v) is 15.7. The van der Waals surface area contributed by atoms with Crippen LogP contribution < -0.4 is 4.89 Å². The fraction of sp³-hybridized carbons (Fsp3) is 0.714. The first kappa shape index (κ1) is 49.7. The van der Waals surface area contributed by atoms with E-state index in [1.54, 1.807) is 0 Å². The van der Waals surface area contributed by atoms with E-state index in [2.05, 4.69) is 74.6 Å². The van der Waals surface area contributed by atoms with Crippen molar-refractivity contribution in [3.8, 4) is 0 Å². The summed E-state index contributed by atoms with van der Waals surface area (Å²) in [6.07, 6.45) is 39.6. The van der Waals surface area contributed by atoms with Crippen LogP contribution in [-0.4, -0.2) is 70.0 Å². The molecule has 300 valence electrons. The summed E-state index contributed by atoms with van der Waals surface area (Å²) in [4.78, 5) is 37.3. The molecule has 52 heavy (non-hydrogen) atoms. The van der Waals surface area contributed by atoms with Crippen molar-refractivity contribution in [1.82, 2.24) is 0 Å². The van der Waals surface area contributed by atoms with E-state index >= 15 is 0 Å². The highest BCUT2D eigenvalue weighted by Crippen LogP contribution is 2.38. The van der Waals surface area contributed by atoms with Gasteiger partial charge in [-0.15, -0.1) is 0 Å². The zero-order valence-corrected chi connectivity index (χ0v) is 34.4. The Labute approximate surface area is 317 Å². The minimum atomic E-state index is -4.63. The van der Waals surface area contributed by atoms with Crippen LogP contribution in [0.25, 0.3) is 0 Å². The third-order valence-electron chi connectivity index (χ3n) is 7.99. The molecule has 0 aromatic rings. The largest absolute Gasteiger partial charge is 0.756 e. The molecule has 0 amide bonds. The highest BCUT2D eigenvalue weighted by molar-refractivity contribution is 7.45. The van der Waals surface area contributed by atoms with Crippen LogP contribution in [0.4, 0.5) is 0 Å². The van der Waals surface area contributed by atoms with Crippen molar-refractivity contribution in [1.29, 1.82) is 0 Å². The number of carbonyl (C=O) groups is 2. The van der Waals surface area contributed by atoms with Crippen LogP contribution >= 0.6 is 7.82 Å². The number of ether oxygens (including phenoxy) is 2. The SMILES string of the molecule is CCC/C=C/C/C=C/C/C=C/C/C=C/CCCCCC(=O)OC[C@@H](COP(=O)([O-])OCC[N+](C)(C)C)OC(=O)CCCCCCC/C=C/CCCC. The lowest BCUT2D eigenvalue weighted by atomic mass is 10.1. The van der Waals surface area contributed by atoms with Crippen molar-refractivity contribution in [3.63, 3.8) is 0 Å². The minimum absolute atomic E-state index is 0.0405. The molecule has 0 aromatic carbocycles. The molecule has 0 aliphatic carbocycles. The van der Waals surface area contributed by atoms with Crippen molar-refractivity contribution >= 4 is 19.8 Å². The zero-order valence-electron chi connectivity index (χ0n) is 33.5. The molecule has 0 saturated heterocycles. The van der Waals surface area contributed by atoms with Gasteiger partial charge in [-0.25, -0.2) is 0 Å². The fourth-order valence-corrected chi connectivity index (χ4v) is 5.53. The van der Waals surface area contributed by atoms with E-state index in [0.29, 0.717) is 23.9 Å². The number of hydrogen-bond donors (Lipinski definition) is 0. The van der Waals surface area contributed by atoms with Crippen LogP contribution in [0.15, 0.2) is 60.8 Å². The van der Waals surface area contributed by atoms with E-state index in [4.69, 9.17) is 18.5 Å². The van der Waals surface area contributed by atoms with Crippen LogP contribution in [-0.2, 0) is 32.7 Å². The Kier molecular flexibility index (Phi) is 33.0. The van der Waals surface area contributed by atoms with Crippen molar-refractivity contribution in [2.45, 2.75) is 148 Å². The van der Waals surface area contributed by atoms with Crippen molar-refractivity contribution in [2.24, 2.45) is 0 Å². The van der Waals surface area contributed by atoms with Gasteiger partial charge in [-0.2, -0.15) is 0 Å². The fourth-order valence-electron chi connectivity index (χ4n) is 4.80. The summed E-state index contributed by atoms with van der Waals surface area (Å²) < 4.78 is 33.7. The highest BCUT2D eigenvalue weighted by atomic mass is 31.2. The van der Waals surface area contributed by atoms with E-state index in [9.17, 15) is 19.0 Å². The van der Waals surface area contributed by atoms with Gasteiger partial charge in [0, 0.05) is 12.8 Å². The molecule has 0 aliphatic rings. The van der Waals surface area contributed by atoms with E-state index < -0.39 is 32.5 Å². The summed E-state index contributed by atoms with van der Waals surface area (Å²) >= 11 is 0. The Bertz CT molecular complexity index is 1080. The Balaban J connectivity index is 4.48. The van der Waals surface area contributed by atoms with Gasteiger partial charge in [0.15, 0.2) is 6.10 Å². The minimum Gasteiger partial charge on any atom is -0.756 e. The first-order valence-electron chi connectivity index (χ1n) is 20.0. The smallest absolute Gasteiger partial charge is 0.306 e. The normalized spacial score (nSPS) is 14.3. The second-order valence-electron chi connectivity index (χ2n) is 14.3. The van der Waals surface area contributed by atoms with E-state index in [1.165, 1.54) is 19.3 Å². The summed E-state index contributed by atoms with van der Waals surface area (Å²) in [7, 11) is 1.13. The predicted octanol–water partition coefficient (Wildman–Crippen LogP) is 10.3. The number of rotatable bonds is 35. The molecule has 2 atom stereocenters. The van der Waals surface area contributed by atoms with Crippen molar-refractivity contribution in [2.75, 3.05) is 47.5 Å². The number of esters is 2. The topological polar surface area (TPSA) is 111 Å². The Hall–Kier alpha value is -2.29. The molecular weight excluding hydrogens is 677 g/mol. The Morgan fingerprint density at radius 2 is 1.08 bits per heavy atom. The third-order valence-corrected chi connectivity index (χ3v) is 8.96. The maximum Gasteiger partial charge on any atom is 0.306 e. The molecule has 0 heterocycles. The molecule has 0 rings (SSSR count). The second kappa shape index (κ2) is 34.5. The Morgan fingerprint density at radius 1 is 0.596 bits per heavy atom. The molecule has 0 N–H and O–H groups in total. The summed E-state index contributed by atoms with van der Waals surface area (Å²) in [6, 6.07) is 0. The first-order valence-corrected chi connectivity index (χ1v) is 21.5. The van der Waals surface area contributed by atoms with Crippen LogP contribution in [0.5, 0.6) is 0 Å². The van der Waals surface area contributed by atoms with E-state index in [1.807, 2.05) is 21.1 Å². The lowest BCUT2D eigenvalue weighted by molar-refractivity contribution is -0.870. The van der Waals surface area contributed by atoms with Crippen LogP contribution in [0.3, 0.4) is 0 Å². The van der Waals surface area contributed by atoms with Crippen molar-refractivity contribution < 1.29 is 42.1 Å². The molecular formula is C42H74NO8P. The summed E-state index contributed by atoms with van der Waals surface area (Å²) in [5.41, 5.74) is 0. The summed E-state index contributed by atoms with van der Waals surface area (Å²) in [5, 5.41) is 0. The highest BCUT2D eigenvalue weighted by Gasteiger charge is 2.21. The predicted molar refractivity (Wildman–Crippen MR) is 213 cm³/mol. The van der Waals surface area contributed by atoms with Gasteiger partial charge in [-0.1, -0.05) is 120 Å². The van der Waals surface area contributed by atoms with Gasteiger partial charge in [0.25, 0.3) is 7.82 Å². The molecule has 0 aromatic heterocycles. The maximum atomic E-state index is 12.6. The number of phosphoric acid groups is 1. The zero-order chi connectivity index (χ0) is 38.6. The number of likely N-dealkylation sites (N-methyl/N-ethyl adjacent to an activating group) is 1. The quantitative estimate of drug-likeness (QED) is 0.0207. The monoisotopic (exact) mass is 752 g/mol. The molecule has 0 aliphatic heterocycles. The van der Waals surface area contributed by atoms with E-state index in [0.717, 1.165) is 83.5 Å². The number of phosphoric ester groups is 1. The van der Waals surface area contributed by atoms with Gasteiger partial charge in [0.05, 0.1) is 27.7 Å². The van der Waals surface area contributed by atoms with Gasteiger partial charge in [0.1, 0.15) is 19.8 Å². The first-order chi connectivity index (χ1) is 25.0. The number of quaternary nitrogens is 1. The summed E-state index contributed by atoms with van der Waals surface area (Å²) in [6.45, 7) is 4.04. The molecule has 0 radical (unpaired) electrons. The number of hydrogen-bond acceptors (Lipinski definition) is 8. The van der Waals surface area contributed by atoms with Gasteiger partial charge in [-0.3, -0.25) is 14.2 Å². The maximum absolute atomic E-state index is 12.6. The van der Waals surface area contributed by atoms with Gasteiger partial charge in [0.2, 0.25) is 0 Å². The molecule has 0 fully saturated rings. The molecule has 0 spiro atoms. The van der Waals surface area contributed by atoms with Crippen LogP contribution in [0, 0.1) is 0 Å². The average molecular weight is 752 g/mol. The molecule has 0 bridgehead atoms. The number of unbranched alkanes of at least 4 members (excludes halogenated alkanes) is 11. The Morgan fingerprint density at radius 3 is 1.65 bits per heavy atom. The molecule has 1 unspecified atom stereocenters. The van der Waals surface area contributed by atoms with E-state index in [-0.39, 0.29) is 26.1 Å². The van der Waals surface area contributed by atoms with Crippen molar-refractivity contribution in [3.05, 3.63) is 60.8 Å². The number of nitrogens with zero attached hydrogens (tertiary/aromatic N) is 1. The lowest BCUT2D eigenvalue weighted by Gasteiger charge is -2.28. The van der Waals surface area contributed by atoms with Gasteiger partial charge in [-0.05, 0) is 70.6 Å². The average Bonchev–Trinajstić information content (AvgIpc) is 3.09. The molecule has 0 saturated carbocycles. The lowest BCUT2D eigenvalue weighted by Crippen LogP contribution is -2.37. The number of carbonyl (C=O) groups excluding carboxylic acids is 2. The molecule has 9 nitrogen and oxygen atoms in total. The summed E-state index contributed by atoms with van der Waals surface area (Å²) in [5.74, 6) is -0.890. The van der Waals surface area contributed by atoms with Crippen LogP contribution in [0.1, 0.15) is 142 Å². The van der Waals surface area contributed by atoms with Gasteiger partial charge < -0.3 is 27.9 Å².